The molecule has 40 nitrogen and oxygen atoms in total. The number of nitrogens with zero attached hydrogens (tertiary/aromatic N) is 17. The molecule has 0 fully saturated rings. The Morgan fingerprint density at radius 1 is 0.352 bits per heavy atom. The van der Waals surface area contributed by atoms with Gasteiger partial charge in [-0.05, 0) is 97.1 Å². The molecule has 0 bridgehead atoms. The first-order chi connectivity index (χ1) is 56.9. The molecule has 0 aliphatic rings. The van der Waals surface area contributed by atoms with Crippen LogP contribution in [-0.2, 0) is 31.2 Å². The van der Waals surface area contributed by atoms with Gasteiger partial charge in [0, 0.05) is 81.3 Å². The lowest BCUT2D eigenvalue weighted by Crippen LogP contribution is -2.23. The summed E-state index contributed by atoms with van der Waals surface area (Å²) in [6.45, 7) is 19.1. The van der Waals surface area contributed by atoms with Crippen LogP contribution in [0.15, 0.2) is 80.2 Å². The van der Waals surface area contributed by atoms with E-state index in [1.54, 1.807) is 43.4 Å². The smallest absolute Gasteiger partial charge is 0.222 e. The van der Waals surface area contributed by atoms with Gasteiger partial charge in [-0.15, -0.1) is 0 Å². The summed E-state index contributed by atoms with van der Waals surface area (Å²) in [6.07, 6.45) is 33.4. The monoisotopic (exact) mass is 1800 g/mol. The Hall–Kier alpha value is -9.58. The van der Waals surface area contributed by atoms with Gasteiger partial charge in [0.2, 0.25) is 29.7 Å². The molecule has 45 heteroatoms. The molecule has 9 rings (SSSR count). The second-order valence-electron chi connectivity index (χ2n) is 27.1. The van der Waals surface area contributed by atoms with Crippen LogP contribution in [-0.4, -0.2) is 204 Å². The molecule has 0 saturated carbocycles. The summed E-state index contributed by atoms with van der Waals surface area (Å²) in [6, 6.07) is 6.33. The van der Waals surface area contributed by atoms with Crippen LogP contribution in [0.5, 0.6) is 28.7 Å². The molecule has 0 aromatic carbocycles. The average Bonchev–Trinajstić information content (AvgIpc) is 1.11. The van der Waals surface area contributed by atoms with E-state index in [1.165, 1.54) is 18.6 Å². The summed E-state index contributed by atoms with van der Waals surface area (Å²) in [5, 5.41) is 83.0. The van der Waals surface area contributed by atoms with E-state index in [0.29, 0.717) is 127 Å². The Morgan fingerprint density at radius 2 is 0.672 bits per heavy atom. The van der Waals surface area contributed by atoms with E-state index in [2.05, 4.69) is 157 Å². The molecule has 9 aromatic heterocycles. The Kier molecular flexibility index (Phi) is 62.6. The number of nitrogens with one attached hydrogen (secondary N) is 7. The number of aryl methyl sites for hydroxylation is 1. The van der Waals surface area contributed by atoms with Crippen molar-refractivity contribution in [3.05, 3.63) is 109 Å². The third-order valence-electron chi connectivity index (χ3n) is 17.0. The largest absolute Gasteiger partial charge is 0.486 e. The van der Waals surface area contributed by atoms with Gasteiger partial charge in [0.1, 0.15) is 44.4 Å². The summed E-state index contributed by atoms with van der Waals surface area (Å²) < 4.78 is 34.1. The zero-order valence-corrected chi connectivity index (χ0v) is 76.4. The van der Waals surface area contributed by atoms with Gasteiger partial charge >= 0.3 is 0 Å². The van der Waals surface area contributed by atoms with Gasteiger partial charge in [-0.2, -0.15) is 123 Å². The van der Waals surface area contributed by atoms with Gasteiger partial charge < -0.3 is 109 Å². The number of aromatic amines is 2. The molecule has 0 aliphatic carbocycles. The first-order valence-electron chi connectivity index (χ1n) is 40.0. The van der Waals surface area contributed by atoms with E-state index in [-0.39, 0.29) is 186 Å². The molecule has 0 radical (unpaired) electrons. The lowest BCUT2D eigenvalue weighted by molar-refractivity contribution is 0.0553. The molecule has 684 valence electrons. The number of aliphatic hydroxyl groups is 5. The Balaban J connectivity index is 0.00000149. The number of hydrogen-bond donors (Lipinski definition) is 17. The fraction of sp³-hybridized carbons (Fsp3) is 0.571. The van der Waals surface area contributed by atoms with Crippen LogP contribution >= 0.6 is 67.5 Å². The van der Waals surface area contributed by atoms with Crippen molar-refractivity contribution < 1.29 is 54.0 Å². The Morgan fingerprint density at radius 3 is 0.951 bits per heavy atom. The number of H-pyrrole nitrogens is 2. The maximum atomic E-state index is 9.28. The number of pyridine rings is 1. The summed E-state index contributed by atoms with van der Waals surface area (Å²) in [7, 11) is 0. The van der Waals surface area contributed by atoms with Crippen LogP contribution in [0.3, 0.4) is 0 Å². The number of aliphatic hydroxyl groups excluding tert-OH is 5. The maximum absolute atomic E-state index is 9.28. The molecule has 5 atom stereocenters. The van der Waals surface area contributed by atoms with E-state index in [0.717, 1.165) is 101 Å². The quantitative estimate of drug-likeness (QED) is 0.0158. The number of nitrogens with two attached hydrogens (primary N) is 5. The molecule has 0 aliphatic heterocycles. The lowest BCUT2D eigenvalue weighted by atomic mass is 10.1. The molecule has 9 aromatic rings. The second kappa shape index (κ2) is 67.9. The van der Waals surface area contributed by atoms with E-state index in [9.17, 15) is 25.5 Å². The molecule has 0 saturated heterocycles. The summed E-state index contributed by atoms with van der Waals surface area (Å²) in [5.41, 5.74) is 32.2. The molecule has 0 amide bonds. The third kappa shape index (κ3) is 46.6. The predicted octanol–water partition coefficient (Wildman–Crippen LogP) is 9.08. The van der Waals surface area contributed by atoms with Crippen LogP contribution in [0, 0.1) is 6.92 Å². The lowest BCUT2D eigenvalue weighted by Gasteiger charge is -2.20. The van der Waals surface area contributed by atoms with Crippen LogP contribution in [0.2, 0.25) is 0 Å². The normalized spacial score (nSPS) is 11.6. The zero-order valence-electron chi connectivity index (χ0n) is 71.4. The van der Waals surface area contributed by atoms with Crippen molar-refractivity contribution in [2.75, 3.05) is 102 Å². The summed E-state index contributed by atoms with van der Waals surface area (Å²) in [5.74, 6) is 6.09. The number of unbranched alkanes of at least 4 members (excludes halogenated alkanes) is 4. The minimum Gasteiger partial charge on any atom is -0.486 e. The van der Waals surface area contributed by atoms with E-state index < -0.39 is 0 Å². The standard InChI is InChI=1S/C18H27N5O2.C16H30N4O3.C15H22N6O2.2C14H23N7O2.5H2S/c1-3-4-7-14(9-10-24)22-17-16(11-20-18(19)23-17)25-12-15-8-5-6-13(2)21-15;1-4-5-6-13(7-8-21)19-15-14(11-18-16(17)20-15)23-10-9-22-12(2)3;1-2-3-11(4-7-22)20-14-13(9-19-15(16)21-14)23-10-12-8-17-5-6-18-12;2*1-2-3-4-10(5-6-22)18-13-12(8-16-14(15)19-13)23-9-11-7-17-21-20-11;;;;;/h5-6,8,11,14,24H,3-4,7,9-10,12H2,1-2H3,(H3,19,20,22,23);11-13,21H,4-10H2,1-3H3,(H3,17,18,19,20);5-6,8-9,11,22H,2-4,7,10H2,1H3,(H3,16,19,20,21);2*7-8,10,22H,2-6,9H2,1H3,(H,17,20,21)(H3,15,16,18,19);5*1H2/t14-;13-;11-;2*10-;;;;;/m00000...../s1. The second-order valence-corrected chi connectivity index (χ2v) is 27.1. The molecule has 122 heavy (non-hydrogen) atoms. The fourth-order valence-corrected chi connectivity index (χ4v) is 11.0. The summed E-state index contributed by atoms with van der Waals surface area (Å²) >= 11 is 0. The van der Waals surface area contributed by atoms with Crippen LogP contribution in [0.1, 0.15) is 199 Å². The van der Waals surface area contributed by atoms with Crippen LogP contribution in [0.4, 0.5) is 58.8 Å². The van der Waals surface area contributed by atoms with E-state index in [4.69, 9.17) is 57.1 Å². The highest BCUT2D eigenvalue weighted by atomic mass is 32.1. The Bertz CT molecular complexity index is 3960. The summed E-state index contributed by atoms with van der Waals surface area (Å²) in [4.78, 5) is 53.6. The number of hydrogen-bond acceptors (Lipinski definition) is 38. The van der Waals surface area contributed by atoms with E-state index in [1.807, 2.05) is 39.0 Å². The highest BCUT2D eigenvalue weighted by Gasteiger charge is 2.21. The number of nitrogen functional groups attached to an aromatic ring is 5. The number of ether oxygens (including phenoxy) is 6. The molecule has 9 heterocycles. The SMILES string of the molecule is CCCC[C@@H](CCO)Nc1nc(N)ncc1OCCOC(C)C.CCCC[C@@H](CCO)Nc1nc(N)ncc1OCc1cccc(C)n1.CCCC[C@@H](CCO)Nc1nc(N)ncc1OCc1cn[nH]n1.CCCC[C@@H](CCO)Nc1nc(N)ncc1OCc1cn[nH]n1.CCC[C@@H](CCO)Nc1nc(N)ncc1OCc1cnccn1.S.S.S.S.S. The number of rotatable bonds is 51. The van der Waals surface area contributed by atoms with E-state index >= 15 is 0 Å². The Labute approximate surface area is 750 Å². The molecule has 0 spiro atoms. The van der Waals surface area contributed by atoms with Crippen molar-refractivity contribution in [1.82, 2.24) is 95.6 Å². The first-order valence-corrected chi connectivity index (χ1v) is 40.0. The van der Waals surface area contributed by atoms with Gasteiger partial charge in [0.15, 0.2) is 57.8 Å². The third-order valence-corrected chi connectivity index (χ3v) is 17.0. The number of anilines is 10. The van der Waals surface area contributed by atoms with Crippen LogP contribution in [0.25, 0.3) is 0 Å². The fourth-order valence-electron chi connectivity index (χ4n) is 11.0. The van der Waals surface area contributed by atoms with Crippen molar-refractivity contribution >= 4 is 126 Å². The van der Waals surface area contributed by atoms with Crippen molar-refractivity contribution in [2.24, 2.45) is 0 Å². The maximum Gasteiger partial charge on any atom is 0.222 e. The average molecular weight is 1800 g/mol. The van der Waals surface area contributed by atoms with Crippen LogP contribution < -0.4 is 78.9 Å². The molecule has 22 N–H and O–H groups in total. The predicted molar refractivity (Wildman–Crippen MR) is 500 cm³/mol. The zero-order chi connectivity index (χ0) is 84.6. The van der Waals surface area contributed by atoms with Crippen molar-refractivity contribution in [2.45, 2.75) is 240 Å². The van der Waals surface area contributed by atoms with Gasteiger partial charge in [-0.3, -0.25) is 15.0 Å². The molecule has 0 unspecified atom stereocenters. The van der Waals surface area contributed by atoms with Gasteiger partial charge in [-0.1, -0.05) is 98.5 Å². The van der Waals surface area contributed by atoms with Gasteiger partial charge in [-0.25, -0.2) is 24.9 Å². The molecular formula is C77H135N29O11S5. The highest BCUT2D eigenvalue weighted by molar-refractivity contribution is 7.60. The van der Waals surface area contributed by atoms with Gasteiger partial charge in [0.05, 0.1) is 73.7 Å². The minimum absolute atomic E-state index is 0. The van der Waals surface area contributed by atoms with Crippen molar-refractivity contribution in [1.29, 1.82) is 0 Å². The highest BCUT2D eigenvalue weighted by Crippen LogP contribution is 2.30. The van der Waals surface area contributed by atoms with Gasteiger partial charge in [0.25, 0.3) is 0 Å². The minimum atomic E-state index is 0. The number of aromatic nitrogens is 19. The topological polar surface area (TPSA) is 597 Å². The van der Waals surface area contributed by atoms with Crippen molar-refractivity contribution in [3.63, 3.8) is 0 Å². The van der Waals surface area contributed by atoms with Crippen molar-refractivity contribution in [3.8, 4) is 28.7 Å². The molecular weight excluding hydrogens is 1670 g/mol. The first kappa shape index (κ1) is 112.